The second-order valence-electron chi connectivity index (χ2n) is 5.40. The molecule has 2 aromatic heterocycles. The quantitative estimate of drug-likeness (QED) is 0.761. The smallest absolute Gasteiger partial charge is 0.273 e. The maximum absolute atomic E-state index is 12.5. The van der Waals surface area contributed by atoms with E-state index in [1.54, 1.807) is 17.6 Å². The van der Waals surface area contributed by atoms with E-state index in [1.165, 1.54) is 11.3 Å². The molecule has 0 saturated carbocycles. The fraction of sp³-hybridized carbons (Fsp3) is 0.400. The van der Waals surface area contributed by atoms with Gasteiger partial charge in [-0.2, -0.15) is 0 Å². The molecular formula is C15H19Cl4N5OS. The van der Waals surface area contributed by atoms with Crippen LogP contribution in [0.5, 0.6) is 0 Å². The van der Waals surface area contributed by atoms with Crippen LogP contribution in [0, 0.1) is 0 Å². The largest absolute Gasteiger partial charge is 0.352 e. The van der Waals surface area contributed by atoms with Gasteiger partial charge in [0.2, 0.25) is 0 Å². The lowest BCUT2D eigenvalue weighted by molar-refractivity contribution is 0.0741. The topological polar surface area (TPSA) is 75.3 Å². The van der Waals surface area contributed by atoms with Gasteiger partial charge in [0, 0.05) is 44.2 Å². The van der Waals surface area contributed by atoms with Gasteiger partial charge in [-0.15, -0.1) is 36.2 Å². The number of nitrogens with two attached hydrogens (primary N) is 1. The minimum absolute atomic E-state index is 0. The first kappa shape index (κ1) is 23.2. The summed E-state index contributed by atoms with van der Waals surface area (Å²) in [5.74, 6) is 0.663. The number of piperazine rings is 1. The van der Waals surface area contributed by atoms with E-state index in [0.717, 1.165) is 5.01 Å². The maximum atomic E-state index is 12.5. The Bertz CT molecular complexity index is 737. The highest BCUT2D eigenvalue weighted by Gasteiger charge is 2.25. The number of amides is 1. The first-order valence-electron chi connectivity index (χ1n) is 7.58. The van der Waals surface area contributed by atoms with E-state index in [0.29, 0.717) is 60.7 Å². The van der Waals surface area contributed by atoms with E-state index >= 15 is 0 Å². The standard InChI is InChI=1S/C15H17Cl2N5OS.2ClH/c16-10-7-11(17)14(19-8-10)21-3-5-22(6-4-21)15(23)12-9-24-13(20-12)1-2-18;;/h7-9H,1-6,18H2;2*1H. The lowest BCUT2D eigenvalue weighted by Crippen LogP contribution is -2.49. The van der Waals surface area contributed by atoms with Gasteiger partial charge < -0.3 is 15.5 Å². The van der Waals surface area contributed by atoms with Gasteiger partial charge in [0.05, 0.1) is 15.1 Å². The van der Waals surface area contributed by atoms with Crippen molar-refractivity contribution in [1.29, 1.82) is 0 Å². The van der Waals surface area contributed by atoms with Crippen LogP contribution in [0.25, 0.3) is 0 Å². The molecule has 3 rings (SSSR count). The number of carbonyl (C=O) groups excluding carboxylic acids is 1. The number of anilines is 1. The van der Waals surface area contributed by atoms with Crippen molar-refractivity contribution in [2.45, 2.75) is 6.42 Å². The molecule has 0 bridgehead atoms. The summed E-state index contributed by atoms with van der Waals surface area (Å²) in [5.41, 5.74) is 6.02. The van der Waals surface area contributed by atoms with E-state index in [9.17, 15) is 4.79 Å². The van der Waals surface area contributed by atoms with Crippen LogP contribution < -0.4 is 10.6 Å². The number of aromatic nitrogens is 2. The Morgan fingerprint density at radius 2 is 1.92 bits per heavy atom. The van der Waals surface area contributed by atoms with Crippen molar-refractivity contribution in [2.24, 2.45) is 5.73 Å². The summed E-state index contributed by atoms with van der Waals surface area (Å²) in [6.45, 7) is 3.07. The number of carbonyl (C=O) groups is 1. The van der Waals surface area contributed by atoms with E-state index in [1.807, 2.05) is 4.90 Å². The molecule has 0 atom stereocenters. The number of pyridine rings is 1. The SMILES string of the molecule is Cl.Cl.NCCc1nc(C(=O)N2CCN(c3ncc(Cl)cc3Cl)CC2)cs1. The van der Waals surface area contributed by atoms with E-state index < -0.39 is 0 Å². The fourth-order valence-corrected chi connectivity index (χ4v) is 3.86. The van der Waals surface area contributed by atoms with Crippen molar-refractivity contribution >= 4 is 71.1 Å². The van der Waals surface area contributed by atoms with Gasteiger partial charge in [-0.3, -0.25) is 4.79 Å². The van der Waals surface area contributed by atoms with E-state index in [4.69, 9.17) is 28.9 Å². The van der Waals surface area contributed by atoms with Crippen LogP contribution in [0.2, 0.25) is 10.0 Å². The summed E-state index contributed by atoms with van der Waals surface area (Å²) in [6, 6.07) is 1.68. The molecular weight excluding hydrogens is 440 g/mol. The Morgan fingerprint density at radius 1 is 1.23 bits per heavy atom. The minimum atomic E-state index is -0.0377. The fourth-order valence-electron chi connectivity index (χ4n) is 2.57. The Morgan fingerprint density at radius 3 is 2.54 bits per heavy atom. The average Bonchev–Trinajstić information content (AvgIpc) is 3.03. The number of rotatable bonds is 4. The van der Waals surface area contributed by atoms with Crippen molar-refractivity contribution < 1.29 is 4.79 Å². The van der Waals surface area contributed by atoms with Crippen molar-refractivity contribution in [3.05, 3.63) is 38.4 Å². The number of hydrogen-bond acceptors (Lipinski definition) is 6. The van der Waals surface area contributed by atoms with Crippen LogP contribution in [0.3, 0.4) is 0 Å². The summed E-state index contributed by atoms with van der Waals surface area (Å²) >= 11 is 13.6. The van der Waals surface area contributed by atoms with Gasteiger partial charge in [0.1, 0.15) is 11.5 Å². The maximum Gasteiger partial charge on any atom is 0.273 e. The Balaban J connectivity index is 0.00000169. The number of nitrogens with zero attached hydrogens (tertiary/aromatic N) is 4. The molecule has 2 aromatic rings. The van der Waals surface area contributed by atoms with Crippen LogP contribution in [-0.4, -0.2) is 53.5 Å². The second-order valence-corrected chi connectivity index (χ2v) is 7.19. The first-order chi connectivity index (χ1) is 11.6. The van der Waals surface area contributed by atoms with Crippen molar-refractivity contribution in [1.82, 2.24) is 14.9 Å². The van der Waals surface area contributed by atoms with E-state index in [-0.39, 0.29) is 30.7 Å². The summed E-state index contributed by atoms with van der Waals surface area (Å²) in [7, 11) is 0. The van der Waals surface area contributed by atoms with Gasteiger partial charge in [0.25, 0.3) is 5.91 Å². The van der Waals surface area contributed by atoms with Crippen LogP contribution in [0.15, 0.2) is 17.6 Å². The Hall–Kier alpha value is -0.830. The molecule has 3 heterocycles. The van der Waals surface area contributed by atoms with Gasteiger partial charge >= 0.3 is 0 Å². The summed E-state index contributed by atoms with van der Waals surface area (Å²) < 4.78 is 0. The lowest BCUT2D eigenvalue weighted by atomic mass is 10.2. The van der Waals surface area contributed by atoms with Gasteiger partial charge in [-0.1, -0.05) is 23.2 Å². The molecule has 1 fully saturated rings. The van der Waals surface area contributed by atoms with Crippen molar-refractivity contribution in [3.63, 3.8) is 0 Å². The summed E-state index contributed by atoms with van der Waals surface area (Å²) in [5, 5.41) is 3.73. The predicted octanol–water partition coefficient (Wildman–Crippen LogP) is 3.15. The van der Waals surface area contributed by atoms with Gasteiger partial charge in [-0.05, 0) is 12.6 Å². The number of thiazole rings is 1. The van der Waals surface area contributed by atoms with Crippen molar-refractivity contribution in [2.75, 3.05) is 37.6 Å². The highest BCUT2D eigenvalue weighted by atomic mass is 35.5. The molecule has 1 saturated heterocycles. The molecule has 144 valence electrons. The third-order valence-corrected chi connectivity index (χ3v) is 5.18. The molecule has 0 aliphatic carbocycles. The number of hydrogen-bond donors (Lipinski definition) is 1. The van der Waals surface area contributed by atoms with Crippen LogP contribution in [0.4, 0.5) is 5.82 Å². The molecule has 0 radical (unpaired) electrons. The minimum Gasteiger partial charge on any atom is -0.352 e. The number of halogens is 4. The molecule has 1 aliphatic heterocycles. The molecule has 0 aromatic carbocycles. The lowest BCUT2D eigenvalue weighted by Gasteiger charge is -2.35. The monoisotopic (exact) mass is 457 g/mol. The normalized spacial score (nSPS) is 13.8. The zero-order chi connectivity index (χ0) is 17.1. The molecule has 0 spiro atoms. The van der Waals surface area contributed by atoms with Gasteiger partial charge in [-0.25, -0.2) is 9.97 Å². The highest BCUT2D eigenvalue weighted by molar-refractivity contribution is 7.09. The Labute approximate surface area is 178 Å². The molecule has 11 heteroatoms. The van der Waals surface area contributed by atoms with Crippen LogP contribution in [0.1, 0.15) is 15.5 Å². The third kappa shape index (κ3) is 5.34. The molecule has 2 N–H and O–H groups in total. The average molecular weight is 459 g/mol. The molecule has 6 nitrogen and oxygen atoms in total. The molecule has 26 heavy (non-hydrogen) atoms. The highest BCUT2D eigenvalue weighted by Crippen LogP contribution is 2.27. The molecule has 1 aliphatic rings. The van der Waals surface area contributed by atoms with Gasteiger partial charge in [0.15, 0.2) is 0 Å². The second kappa shape index (κ2) is 10.5. The molecule has 1 amide bonds. The zero-order valence-electron chi connectivity index (χ0n) is 13.7. The third-order valence-electron chi connectivity index (χ3n) is 3.78. The van der Waals surface area contributed by atoms with Crippen LogP contribution >= 0.6 is 59.4 Å². The van der Waals surface area contributed by atoms with Crippen molar-refractivity contribution in [3.8, 4) is 0 Å². The zero-order valence-corrected chi connectivity index (χ0v) is 17.7. The summed E-state index contributed by atoms with van der Waals surface area (Å²) in [4.78, 5) is 25.1. The summed E-state index contributed by atoms with van der Waals surface area (Å²) in [6.07, 6.45) is 2.28. The first-order valence-corrected chi connectivity index (χ1v) is 9.22. The Kier molecular flexibility index (Phi) is 9.36. The predicted molar refractivity (Wildman–Crippen MR) is 112 cm³/mol. The van der Waals surface area contributed by atoms with E-state index in [2.05, 4.69) is 14.9 Å². The molecule has 0 unspecified atom stereocenters. The van der Waals surface area contributed by atoms with Crippen LogP contribution in [-0.2, 0) is 6.42 Å².